The molecule has 19 heavy (non-hydrogen) atoms. The number of thiophene rings is 1. The molecule has 0 N–H and O–H groups in total. The number of rotatable bonds is 3. The minimum absolute atomic E-state index is 0.220. The topological polar surface area (TPSA) is 30.0 Å². The predicted molar refractivity (Wildman–Crippen MR) is 79.7 cm³/mol. The number of hydrogen-bond donors (Lipinski definition) is 0. The van der Waals surface area contributed by atoms with Crippen LogP contribution < -0.4 is 0 Å². The summed E-state index contributed by atoms with van der Waals surface area (Å²) in [7, 11) is 0. The SMILES string of the molecule is CCC1CCCC(C(=O)c2cnc3ccsc3c2)C1. The fourth-order valence-electron chi connectivity index (χ4n) is 3.12. The minimum Gasteiger partial charge on any atom is -0.294 e. The Morgan fingerprint density at radius 2 is 2.37 bits per heavy atom. The van der Waals surface area contributed by atoms with Crippen LogP contribution in [-0.2, 0) is 0 Å². The summed E-state index contributed by atoms with van der Waals surface area (Å²) in [5.74, 6) is 1.26. The third-order valence-electron chi connectivity index (χ3n) is 4.32. The van der Waals surface area contributed by atoms with E-state index >= 15 is 0 Å². The lowest BCUT2D eigenvalue weighted by Gasteiger charge is -2.27. The Bertz CT molecular complexity index is 589. The van der Waals surface area contributed by atoms with E-state index < -0.39 is 0 Å². The number of Topliss-reactive ketones (excluding diaryl/α,β-unsaturated/α-hetero) is 1. The molecule has 2 aromatic heterocycles. The van der Waals surface area contributed by atoms with Gasteiger partial charge in [0.15, 0.2) is 5.78 Å². The van der Waals surface area contributed by atoms with Crippen LogP contribution in [0.3, 0.4) is 0 Å². The Balaban J connectivity index is 1.82. The Morgan fingerprint density at radius 1 is 1.47 bits per heavy atom. The smallest absolute Gasteiger partial charge is 0.167 e. The lowest BCUT2D eigenvalue weighted by Crippen LogP contribution is -2.22. The van der Waals surface area contributed by atoms with Gasteiger partial charge in [0.05, 0.1) is 10.2 Å². The van der Waals surface area contributed by atoms with Crippen LogP contribution in [0.25, 0.3) is 10.2 Å². The highest BCUT2D eigenvalue weighted by atomic mass is 32.1. The van der Waals surface area contributed by atoms with E-state index in [0.717, 1.165) is 34.5 Å². The van der Waals surface area contributed by atoms with Crippen LogP contribution in [0.5, 0.6) is 0 Å². The van der Waals surface area contributed by atoms with Crippen molar-refractivity contribution in [3.8, 4) is 0 Å². The Kier molecular flexibility index (Phi) is 3.65. The first-order chi connectivity index (χ1) is 9.28. The first-order valence-corrected chi connectivity index (χ1v) is 8.03. The van der Waals surface area contributed by atoms with Gasteiger partial charge in [0.1, 0.15) is 0 Å². The first kappa shape index (κ1) is 12.8. The molecule has 0 saturated heterocycles. The molecule has 2 nitrogen and oxygen atoms in total. The zero-order valence-corrected chi connectivity index (χ0v) is 12.1. The van der Waals surface area contributed by atoms with Gasteiger partial charge in [0.2, 0.25) is 0 Å². The lowest BCUT2D eigenvalue weighted by atomic mass is 9.77. The van der Waals surface area contributed by atoms with E-state index in [9.17, 15) is 4.79 Å². The first-order valence-electron chi connectivity index (χ1n) is 7.15. The third kappa shape index (κ3) is 2.57. The Labute approximate surface area is 117 Å². The van der Waals surface area contributed by atoms with Crippen molar-refractivity contribution in [3.63, 3.8) is 0 Å². The molecule has 3 heteroatoms. The van der Waals surface area contributed by atoms with E-state index in [2.05, 4.69) is 11.9 Å². The van der Waals surface area contributed by atoms with Gasteiger partial charge in [-0.1, -0.05) is 26.2 Å². The van der Waals surface area contributed by atoms with Crippen molar-refractivity contribution in [3.05, 3.63) is 29.3 Å². The number of aromatic nitrogens is 1. The van der Waals surface area contributed by atoms with Crippen LogP contribution in [0.1, 0.15) is 49.4 Å². The monoisotopic (exact) mass is 273 g/mol. The van der Waals surface area contributed by atoms with Gasteiger partial charge in [0.25, 0.3) is 0 Å². The molecule has 0 aliphatic heterocycles. The van der Waals surface area contributed by atoms with Crippen molar-refractivity contribution in [1.29, 1.82) is 0 Å². The molecule has 1 aliphatic rings. The summed E-state index contributed by atoms with van der Waals surface area (Å²) in [4.78, 5) is 17.0. The van der Waals surface area contributed by atoms with Gasteiger partial charge in [-0.15, -0.1) is 11.3 Å². The number of fused-ring (bicyclic) bond motifs is 1. The third-order valence-corrected chi connectivity index (χ3v) is 5.17. The number of carbonyl (C=O) groups is 1. The summed E-state index contributed by atoms with van der Waals surface area (Å²) in [6, 6.07) is 4.02. The average molecular weight is 273 g/mol. The molecule has 3 rings (SSSR count). The van der Waals surface area contributed by atoms with Crippen LogP contribution in [0.2, 0.25) is 0 Å². The van der Waals surface area contributed by atoms with Crippen molar-refractivity contribution in [2.45, 2.75) is 39.0 Å². The van der Waals surface area contributed by atoms with E-state index in [1.807, 2.05) is 17.5 Å². The van der Waals surface area contributed by atoms with Crippen molar-refractivity contribution in [1.82, 2.24) is 4.98 Å². The van der Waals surface area contributed by atoms with E-state index in [-0.39, 0.29) is 5.92 Å². The maximum Gasteiger partial charge on any atom is 0.167 e. The van der Waals surface area contributed by atoms with E-state index in [1.54, 1.807) is 17.5 Å². The highest BCUT2D eigenvalue weighted by Gasteiger charge is 2.27. The van der Waals surface area contributed by atoms with Gasteiger partial charge in [0, 0.05) is 17.7 Å². The van der Waals surface area contributed by atoms with E-state index in [1.165, 1.54) is 19.3 Å². The fourth-order valence-corrected chi connectivity index (χ4v) is 3.90. The van der Waals surface area contributed by atoms with Gasteiger partial charge in [-0.25, -0.2) is 0 Å². The molecule has 1 aliphatic carbocycles. The zero-order chi connectivity index (χ0) is 13.2. The molecule has 0 bridgehead atoms. The quantitative estimate of drug-likeness (QED) is 0.759. The molecule has 2 heterocycles. The second-order valence-corrected chi connectivity index (χ2v) is 6.48. The van der Waals surface area contributed by atoms with Crippen LogP contribution in [0.15, 0.2) is 23.7 Å². The summed E-state index contributed by atoms with van der Waals surface area (Å²) in [6.07, 6.45) is 7.57. The Hall–Kier alpha value is -1.22. The predicted octanol–water partition coefficient (Wildman–Crippen LogP) is 4.70. The summed E-state index contributed by atoms with van der Waals surface area (Å²) in [6.45, 7) is 2.23. The standard InChI is InChI=1S/C16H19NOS/c1-2-11-4-3-5-12(8-11)16(18)13-9-15-14(17-10-13)6-7-19-15/h6-7,9-12H,2-5,8H2,1H3. The van der Waals surface area contributed by atoms with Crippen LogP contribution in [0.4, 0.5) is 0 Å². The maximum absolute atomic E-state index is 12.6. The van der Waals surface area contributed by atoms with E-state index in [0.29, 0.717) is 5.78 Å². The molecule has 1 saturated carbocycles. The van der Waals surface area contributed by atoms with Crippen LogP contribution >= 0.6 is 11.3 Å². The average Bonchev–Trinajstić information content (AvgIpc) is 2.94. The molecule has 0 radical (unpaired) electrons. The van der Waals surface area contributed by atoms with Crippen molar-refractivity contribution < 1.29 is 4.79 Å². The summed E-state index contributed by atoms with van der Waals surface area (Å²) >= 11 is 1.66. The molecule has 0 spiro atoms. The van der Waals surface area contributed by atoms with Gasteiger partial charge < -0.3 is 0 Å². The normalized spacial score (nSPS) is 23.6. The molecule has 2 unspecified atom stereocenters. The maximum atomic E-state index is 12.6. The van der Waals surface area contributed by atoms with Crippen LogP contribution in [0, 0.1) is 11.8 Å². The van der Waals surface area contributed by atoms with Crippen molar-refractivity contribution >= 4 is 27.3 Å². The lowest BCUT2D eigenvalue weighted by molar-refractivity contribution is 0.0862. The number of ketones is 1. The second-order valence-electron chi connectivity index (χ2n) is 5.53. The van der Waals surface area contributed by atoms with Gasteiger partial charge in [-0.2, -0.15) is 0 Å². The molecule has 1 fully saturated rings. The summed E-state index contributed by atoms with van der Waals surface area (Å²) < 4.78 is 1.12. The van der Waals surface area contributed by atoms with Crippen molar-refractivity contribution in [2.75, 3.05) is 0 Å². The van der Waals surface area contributed by atoms with Gasteiger partial charge in [-0.3, -0.25) is 9.78 Å². The fraction of sp³-hybridized carbons (Fsp3) is 0.500. The molecule has 2 atom stereocenters. The molecule has 2 aromatic rings. The number of nitrogens with zero attached hydrogens (tertiary/aromatic N) is 1. The number of pyridine rings is 1. The second kappa shape index (κ2) is 5.41. The largest absolute Gasteiger partial charge is 0.294 e. The number of carbonyl (C=O) groups excluding carboxylic acids is 1. The number of hydrogen-bond acceptors (Lipinski definition) is 3. The zero-order valence-electron chi connectivity index (χ0n) is 11.3. The highest BCUT2D eigenvalue weighted by molar-refractivity contribution is 7.17. The van der Waals surface area contributed by atoms with E-state index in [4.69, 9.17) is 0 Å². The molecule has 0 aromatic carbocycles. The van der Waals surface area contributed by atoms with Crippen molar-refractivity contribution in [2.24, 2.45) is 11.8 Å². The molecular weight excluding hydrogens is 254 g/mol. The van der Waals surface area contributed by atoms with Gasteiger partial charge in [-0.05, 0) is 36.3 Å². The van der Waals surface area contributed by atoms with Crippen LogP contribution in [-0.4, -0.2) is 10.8 Å². The summed E-state index contributed by atoms with van der Waals surface area (Å²) in [5, 5.41) is 2.03. The highest BCUT2D eigenvalue weighted by Crippen LogP contribution is 2.33. The summed E-state index contributed by atoms with van der Waals surface area (Å²) in [5.41, 5.74) is 1.80. The molecule has 0 amide bonds. The minimum atomic E-state index is 0.220. The molecule has 100 valence electrons. The van der Waals surface area contributed by atoms with Gasteiger partial charge >= 0.3 is 0 Å². The Morgan fingerprint density at radius 3 is 3.21 bits per heavy atom. The molecular formula is C16H19NOS.